The van der Waals surface area contributed by atoms with E-state index >= 15 is 0 Å². The Balaban J connectivity index is 2.33. The van der Waals surface area contributed by atoms with Crippen LogP contribution in [0.3, 0.4) is 0 Å². The minimum Gasteiger partial charge on any atom is -0.458 e. The van der Waals surface area contributed by atoms with E-state index in [-0.39, 0.29) is 5.97 Å². The first kappa shape index (κ1) is 22.8. The molecule has 2 rings (SSSR count). The molecule has 2 aromatic rings. The molecule has 0 N–H and O–H groups in total. The summed E-state index contributed by atoms with van der Waals surface area (Å²) in [6, 6.07) is 19.1. The van der Waals surface area contributed by atoms with E-state index in [2.05, 4.69) is 0 Å². The molecule has 0 heterocycles. The summed E-state index contributed by atoms with van der Waals surface area (Å²) < 4.78 is 16.2. The second-order valence-corrected chi connectivity index (χ2v) is 7.65. The standard InChI is InChI=1S/C24H31NO4/c1-24(2,3)29-23(26)21(15-16-28-18-17-27-4)25-22(19-11-7-5-8-12-19)20-13-9-6-10-14-20/h5-14,21H,15-18H2,1-4H3. The first-order chi connectivity index (χ1) is 13.9. The fourth-order valence-electron chi connectivity index (χ4n) is 2.71. The van der Waals surface area contributed by atoms with Gasteiger partial charge in [-0.2, -0.15) is 0 Å². The Hall–Kier alpha value is -2.50. The summed E-state index contributed by atoms with van der Waals surface area (Å²) in [4.78, 5) is 17.7. The van der Waals surface area contributed by atoms with Crippen LogP contribution in [0, 0.1) is 0 Å². The van der Waals surface area contributed by atoms with Gasteiger partial charge in [0.25, 0.3) is 0 Å². The molecule has 0 aromatic heterocycles. The molecule has 0 spiro atoms. The van der Waals surface area contributed by atoms with Gasteiger partial charge in [0.2, 0.25) is 0 Å². The summed E-state index contributed by atoms with van der Waals surface area (Å²) in [5.41, 5.74) is 2.08. The molecule has 0 fully saturated rings. The molecule has 1 unspecified atom stereocenters. The molecule has 5 nitrogen and oxygen atoms in total. The highest BCUT2D eigenvalue weighted by Gasteiger charge is 2.25. The number of aliphatic imine (C=N–C) groups is 1. The zero-order valence-electron chi connectivity index (χ0n) is 17.8. The minimum absolute atomic E-state index is 0.350. The van der Waals surface area contributed by atoms with Crippen molar-refractivity contribution in [1.82, 2.24) is 0 Å². The monoisotopic (exact) mass is 397 g/mol. The number of hydrogen-bond donors (Lipinski definition) is 0. The molecule has 0 aliphatic rings. The Morgan fingerprint density at radius 1 is 0.897 bits per heavy atom. The van der Waals surface area contributed by atoms with E-state index in [1.54, 1.807) is 7.11 Å². The number of rotatable bonds is 10. The van der Waals surface area contributed by atoms with Gasteiger partial charge < -0.3 is 14.2 Å². The molecule has 156 valence electrons. The number of ether oxygens (including phenoxy) is 3. The number of methoxy groups -OCH3 is 1. The third kappa shape index (κ3) is 8.18. The summed E-state index contributed by atoms with van der Waals surface area (Å²) in [5, 5.41) is 0. The lowest BCUT2D eigenvalue weighted by Gasteiger charge is -2.23. The van der Waals surface area contributed by atoms with Crippen LogP contribution >= 0.6 is 0 Å². The van der Waals surface area contributed by atoms with Crippen LogP contribution in [0.2, 0.25) is 0 Å². The smallest absolute Gasteiger partial charge is 0.331 e. The van der Waals surface area contributed by atoms with Crippen LogP contribution in [0.15, 0.2) is 65.7 Å². The molecular formula is C24H31NO4. The Bertz CT molecular complexity index is 725. The Morgan fingerprint density at radius 3 is 1.93 bits per heavy atom. The molecule has 29 heavy (non-hydrogen) atoms. The van der Waals surface area contributed by atoms with Crippen molar-refractivity contribution in [2.24, 2.45) is 4.99 Å². The van der Waals surface area contributed by atoms with Gasteiger partial charge in [-0.15, -0.1) is 0 Å². The lowest BCUT2D eigenvalue weighted by molar-refractivity contribution is -0.156. The van der Waals surface area contributed by atoms with Gasteiger partial charge >= 0.3 is 5.97 Å². The van der Waals surface area contributed by atoms with Crippen molar-refractivity contribution in [2.75, 3.05) is 26.9 Å². The highest BCUT2D eigenvalue weighted by atomic mass is 16.6. The molecule has 0 aliphatic carbocycles. The van der Waals surface area contributed by atoms with Crippen LogP contribution in [0.1, 0.15) is 38.3 Å². The van der Waals surface area contributed by atoms with Crippen molar-refractivity contribution < 1.29 is 19.0 Å². The van der Waals surface area contributed by atoms with Crippen molar-refractivity contribution in [2.45, 2.75) is 38.8 Å². The van der Waals surface area contributed by atoms with Crippen molar-refractivity contribution in [3.8, 4) is 0 Å². The Labute approximate surface area is 173 Å². The Kier molecular flexibility index (Phi) is 9.03. The molecule has 0 aliphatic heterocycles. The maximum atomic E-state index is 12.9. The van der Waals surface area contributed by atoms with Crippen molar-refractivity contribution in [3.05, 3.63) is 71.8 Å². The van der Waals surface area contributed by atoms with Crippen LogP contribution in [0.5, 0.6) is 0 Å². The number of benzene rings is 2. The lowest BCUT2D eigenvalue weighted by Crippen LogP contribution is -2.32. The van der Waals surface area contributed by atoms with E-state index in [1.807, 2.05) is 81.4 Å². The topological polar surface area (TPSA) is 57.1 Å². The normalized spacial score (nSPS) is 12.3. The number of carbonyl (C=O) groups is 1. The van der Waals surface area contributed by atoms with Crippen molar-refractivity contribution in [3.63, 3.8) is 0 Å². The fourth-order valence-corrected chi connectivity index (χ4v) is 2.71. The van der Waals surface area contributed by atoms with E-state index in [0.29, 0.717) is 26.2 Å². The lowest BCUT2D eigenvalue weighted by atomic mass is 10.0. The van der Waals surface area contributed by atoms with E-state index < -0.39 is 11.6 Å². The summed E-state index contributed by atoms with van der Waals surface area (Å²) in [7, 11) is 1.63. The van der Waals surface area contributed by atoms with Gasteiger partial charge in [-0.3, -0.25) is 4.99 Å². The maximum absolute atomic E-state index is 12.9. The molecule has 1 atom stereocenters. The molecule has 0 saturated carbocycles. The van der Waals surface area contributed by atoms with Gasteiger partial charge in [0, 0.05) is 31.3 Å². The average Bonchev–Trinajstić information content (AvgIpc) is 2.70. The molecule has 0 radical (unpaired) electrons. The third-order valence-corrected chi connectivity index (χ3v) is 4.03. The quantitative estimate of drug-likeness (QED) is 0.341. The maximum Gasteiger partial charge on any atom is 0.331 e. The molecule has 2 aromatic carbocycles. The highest BCUT2D eigenvalue weighted by molar-refractivity contribution is 6.13. The van der Waals surface area contributed by atoms with Gasteiger partial charge in [0.1, 0.15) is 5.60 Å². The van der Waals surface area contributed by atoms with Crippen LogP contribution in [-0.2, 0) is 19.0 Å². The summed E-state index contributed by atoms with van der Waals surface area (Å²) in [6.45, 7) is 6.96. The molecule has 0 saturated heterocycles. The summed E-state index contributed by atoms with van der Waals surface area (Å²) >= 11 is 0. The highest BCUT2D eigenvalue weighted by Crippen LogP contribution is 2.17. The van der Waals surface area contributed by atoms with Crippen molar-refractivity contribution in [1.29, 1.82) is 0 Å². The van der Waals surface area contributed by atoms with Gasteiger partial charge in [-0.05, 0) is 20.8 Å². The van der Waals surface area contributed by atoms with E-state index in [4.69, 9.17) is 19.2 Å². The first-order valence-electron chi connectivity index (χ1n) is 9.89. The zero-order chi connectivity index (χ0) is 21.1. The Morgan fingerprint density at radius 2 is 1.45 bits per heavy atom. The number of nitrogens with zero attached hydrogens (tertiary/aromatic N) is 1. The molecule has 0 bridgehead atoms. The number of esters is 1. The fraction of sp³-hybridized carbons (Fsp3) is 0.417. The van der Waals surface area contributed by atoms with E-state index in [0.717, 1.165) is 16.8 Å². The molecular weight excluding hydrogens is 366 g/mol. The van der Waals surface area contributed by atoms with Crippen molar-refractivity contribution >= 4 is 11.7 Å². The summed E-state index contributed by atoms with van der Waals surface area (Å²) in [6.07, 6.45) is 0.432. The van der Waals surface area contributed by atoms with Crippen LogP contribution in [0.25, 0.3) is 0 Å². The first-order valence-corrected chi connectivity index (χ1v) is 9.89. The molecule has 0 amide bonds. The van der Waals surface area contributed by atoms with Gasteiger partial charge in [-0.1, -0.05) is 60.7 Å². The van der Waals surface area contributed by atoms with E-state index in [9.17, 15) is 4.79 Å². The SMILES string of the molecule is COCCOCCC(N=C(c1ccccc1)c1ccccc1)C(=O)OC(C)(C)C. The van der Waals surface area contributed by atoms with Gasteiger partial charge in [0.15, 0.2) is 6.04 Å². The number of hydrogen-bond acceptors (Lipinski definition) is 5. The molecule has 5 heteroatoms. The van der Waals surface area contributed by atoms with Crippen LogP contribution < -0.4 is 0 Å². The van der Waals surface area contributed by atoms with Crippen LogP contribution in [0.4, 0.5) is 0 Å². The van der Waals surface area contributed by atoms with Gasteiger partial charge in [0.05, 0.1) is 18.9 Å². The minimum atomic E-state index is -0.660. The second-order valence-electron chi connectivity index (χ2n) is 7.65. The van der Waals surface area contributed by atoms with Crippen LogP contribution in [-0.4, -0.2) is 50.3 Å². The largest absolute Gasteiger partial charge is 0.458 e. The predicted octanol–water partition coefficient (Wildman–Crippen LogP) is 4.29. The zero-order valence-corrected chi connectivity index (χ0v) is 17.8. The average molecular weight is 398 g/mol. The number of carbonyl (C=O) groups excluding carboxylic acids is 1. The second kappa shape index (κ2) is 11.5. The third-order valence-electron chi connectivity index (χ3n) is 4.03. The van der Waals surface area contributed by atoms with E-state index in [1.165, 1.54) is 0 Å². The predicted molar refractivity (Wildman–Crippen MR) is 115 cm³/mol. The summed E-state index contributed by atoms with van der Waals surface area (Å²) in [5.74, 6) is -0.350. The van der Waals surface area contributed by atoms with Gasteiger partial charge in [-0.25, -0.2) is 4.79 Å².